The van der Waals surface area contributed by atoms with E-state index in [0.29, 0.717) is 5.57 Å². The van der Waals surface area contributed by atoms with E-state index in [-0.39, 0.29) is 0 Å². The van der Waals surface area contributed by atoms with Crippen molar-refractivity contribution in [2.45, 2.75) is 13.8 Å². The Balaban J connectivity index is 1.81. The molecule has 2 aromatic carbocycles. The Morgan fingerprint density at radius 2 is 1.71 bits per heavy atom. The molecule has 0 amide bonds. The highest BCUT2D eigenvalue weighted by molar-refractivity contribution is 7.19. The van der Waals surface area contributed by atoms with Gasteiger partial charge in [0.1, 0.15) is 16.8 Å². The summed E-state index contributed by atoms with van der Waals surface area (Å²) in [6.07, 6.45) is 4.06. The third-order valence-corrected chi connectivity index (χ3v) is 5.72. The van der Waals surface area contributed by atoms with E-state index in [0.717, 1.165) is 43.6 Å². The molecule has 3 aromatic rings. The number of para-hydroxylation sites is 3. The zero-order valence-electron chi connectivity index (χ0n) is 15.9. The van der Waals surface area contributed by atoms with Crippen molar-refractivity contribution >= 4 is 32.8 Å². The first kappa shape index (κ1) is 18.0. The largest absolute Gasteiger partial charge is 0.495 e. The van der Waals surface area contributed by atoms with Crippen molar-refractivity contribution in [2.24, 2.45) is 0 Å². The van der Waals surface area contributed by atoms with Crippen LogP contribution in [0.3, 0.4) is 0 Å². The Hall–Kier alpha value is -3.36. The highest BCUT2D eigenvalue weighted by Crippen LogP contribution is 2.38. The zero-order chi connectivity index (χ0) is 19.7. The van der Waals surface area contributed by atoms with Crippen molar-refractivity contribution < 1.29 is 4.74 Å². The molecule has 0 fully saturated rings. The maximum atomic E-state index is 9.86. The fourth-order valence-electron chi connectivity index (χ4n) is 3.45. The maximum absolute atomic E-state index is 9.86. The summed E-state index contributed by atoms with van der Waals surface area (Å²) < 4.78 is 6.61. The first-order valence-corrected chi connectivity index (χ1v) is 9.74. The number of nitriles is 1. The average molecular weight is 385 g/mol. The van der Waals surface area contributed by atoms with Gasteiger partial charge in [0.25, 0.3) is 0 Å². The van der Waals surface area contributed by atoms with E-state index in [1.165, 1.54) is 0 Å². The Morgan fingerprint density at radius 3 is 2.39 bits per heavy atom. The van der Waals surface area contributed by atoms with Crippen molar-refractivity contribution in [3.8, 4) is 11.8 Å². The number of thiazole rings is 1. The third-order valence-electron chi connectivity index (χ3n) is 4.67. The second-order valence-corrected chi connectivity index (χ2v) is 7.54. The molecular weight excluding hydrogens is 366 g/mol. The van der Waals surface area contributed by atoms with E-state index >= 15 is 0 Å². The Kier molecular flexibility index (Phi) is 4.72. The molecule has 1 aliphatic rings. The van der Waals surface area contributed by atoms with E-state index in [1.54, 1.807) is 18.4 Å². The maximum Gasteiger partial charge on any atom is 0.142 e. The van der Waals surface area contributed by atoms with Crippen LogP contribution < -0.4 is 9.64 Å². The van der Waals surface area contributed by atoms with E-state index in [2.05, 4.69) is 16.0 Å². The molecule has 1 aromatic heterocycles. The highest BCUT2D eigenvalue weighted by Gasteiger charge is 2.21. The van der Waals surface area contributed by atoms with Crippen LogP contribution in [-0.4, -0.2) is 12.1 Å². The van der Waals surface area contributed by atoms with Crippen molar-refractivity contribution in [1.82, 2.24) is 4.98 Å². The van der Waals surface area contributed by atoms with Gasteiger partial charge in [0.05, 0.1) is 28.6 Å². The molecule has 0 aliphatic carbocycles. The van der Waals surface area contributed by atoms with Crippen LogP contribution in [0.25, 0.3) is 15.8 Å². The third kappa shape index (κ3) is 3.08. The number of hydrogen-bond acceptors (Lipinski definition) is 5. The van der Waals surface area contributed by atoms with Crippen molar-refractivity contribution in [2.75, 3.05) is 12.0 Å². The lowest BCUT2D eigenvalue weighted by Gasteiger charge is -2.31. The van der Waals surface area contributed by atoms with Crippen molar-refractivity contribution in [3.05, 3.63) is 82.7 Å². The summed E-state index contributed by atoms with van der Waals surface area (Å²) in [6.45, 7) is 4.08. The molecule has 4 nitrogen and oxygen atoms in total. The monoisotopic (exact) mass is 385 g/mol. The minimum Gasteiger partial charge on any atom is -0.495 e. The quantitative estimate of drug-likeness (QED) is 0.526. The van der Waals surface area contributed by atoms with Gasteiger partial charge >= 0.3 is 0 Å². The zero-order valence-corrected chi connectivity index (χ0v) is 16.7. The lowest BCUT2D eigenvalue weighted by atomic mass is 10.0. The molecule has 0 saturated carbocycles. The van der Waals surface area contributed by atoms with Gasteiger partial charge in [-0.2, -0.15) is 5.26 Å². The number of allylic oxidation sites excluding steroid dienone is 6. The van der Waals surface area contributed by atoms with Crippen LogP contribution in [0.15, 0.2) is 77.7 Å². The number of fused-ring (bicyclic) bond motifs is 1. The van der Waals surface area contributed by atoms with Gasteiger partial charge in [0.2, 0.25) is 0 Å². The number of benzene rings is 2. The standard InChI is InChI=1S/C23H19N3OS/c1-15-12-17(13-16(2)26(15)20-9-5-6-10-21(20)27-3)18(14-24)23-25-19-8-4-7-11-22(19)28-23/h4-13H,1-3H3. The van der Waals surface area contributed by atoms with E-state index in [1.807, 2.05) is 74.5 Å². The molecule has 0 N–H and O–H groups in total. The number of hydrogen-bond donors (Lipinski definition) is 0. The number of nitrogens with zero attached hydrogens (tertiary/aromatic N) is 3. The molecular formula is C23H19N3OS. The normalized spacial score (nSPS) is 13.8. The minimum atomic E-state index is 0.597. The van der Waals surface area contributed by atoms with Crippen LogP contribution in [0.4, 0.5) is 5.69 Å². The molecule has 4 rings (SSSR count). The van der Waals surface area contributed by atoms with Crippen LogP contribution in [0.1, 0.15) is 18.9 Å². The van der Waals surface area contributed by atoms with Crippen LogP contribution in [0.2, 0.25) is 0 Å². The van der Waals surface area contributed by atoms with Gasteiger partial charge in [0.15, 0.2) is 0 Å². The molecule has 0 radical (unpaired) electrons. The fraction of sp³-hybridized carbons (Fsp3) is 0.130. The smallest absolute Gasteiger partial charge is 0.142 e. The van der Waals surface area contributed by atoms with Gasteiger partial charge in [-0.15, -0.1) is 11.3 Å². The second kappa shape index (κ2) is 7.34. The van der Waals surface area contributed by atoms with Gasteiger partial charge in [-0.25, -0.2) is 4.98 Å². The predicted octanol–water partition coefficient (Wildman–Crippen LogP) is 5.91. The van der Waals surface area contributed by atoms with Crippen molar-refractivity contribution in [1.29, 1.82) is 5.26 Å². The number of methoxy groups -OCH3 is 1. The van der Waals surface area contributed by atoms with Gasteiger partial charge in [-0.05, 0) is 55.8 Å². The number of rotatable bonds is 3. The number of anilines is 1. The Bertz CT molecular complexity index is 1140. The van der Waals surface area contributed by atoms with Crippen LogP contribution >= 0.6 is 11.3 Å². The first-order valence-electron chi connectivity index (χ1n) is 8.92. The molecule has 0 saturated heterocycles. The van der Waals surface area contributed by atoms with Crippen LogP contribution in [0, 0.1) is 11.3 Å². The molecule has 1 aliphatic heterocycles. The molecule has 0 spiro atoms. The molecule has 2 heterocycles. The summed E-state index contributed by atoms with van der Waals surface area (Å²) in [5.41, 5.74) is 5.41. The molecule has 28 heavy (non-hydrogen) atoms. The molecule has 138 valence electrons. The molecule has 5 heteroatoms. The summed E-state index contributed by atoms with van der Waals surface area (Å²) in [5.74, 6) is 0.808. The van der Waals surface area contributed by atoms with E-state index < -0.39 is 0 Å². The van der Waals surface area contributed by atoms with E-state index in [4.69, 9.17) is 4.74 Å². The molecule has 0 atom stereocenters. The highest BCUT2D eigenvalue weighted by atomic mass is 32.1. The van der Waals surface area contributed by atoms with Gasteiger partial charge in [-0.3, -0.25) is 0 Å². The van der Waals surface area contributed by atoms with Gasteiger partial charge in [-0.1, -0.05) is 24.3 Å². The Labute approximate surface area is 168 Å². The summed E-state index contributed by atoms with van der Waals surface area (Å²) in [6, 6.07) is 18.2. The summed E-state index contributed by atoms with van der Waals surface area (Å²) in [4.78, 5) is 6.79. The summed E-state index contributed by atoms with van der Waals surface area (Å²) in [5, 5.41) is 10.6. The molecule has 0 bridgehead atoms. The van der Waals surface area contributed by atoms with Crippen LogP contribution in [-0.2, 0) is 0 Å². The number of ether oxygens (including phenoxy) is 1. The predicted molar refractivity (Wildman–Crippen MR) is 115 cm³/mol. The van der Waals surface area contributed by atoms with Gasteiger partial charge < -0.3 is 9.64 Å². The van der Waals surface area contributed by atoms with Crippen LogP contribution in [0.5, 0.6) is 5.75 Å². The molecule has 0 unspecified atom stereocenters. The van der Waals surface area contributed by atoms with E-state index in [9.17, 15) is 5.26 Å². The average Bonchev–Trinajstić information content (AvgIpc) is 3.12. The van der Waals surface area contributed by atoms with Crippen molar-refractivity contribution in [3.63, 3.8) is 0 Å². The Morgan fingerprint density at radius 1 is 1.04 bits per heavy atom. The second-order valence-electron chi connectivity index (χ2n) is 6.51. The lowest BCUT2D eigenvalue weighted by Crippen LogP contribution is -2.22. The minimum absolute atomic E-state index is 0.597. The lowest BCUT2D eigenvalue weighted by molar-refractivity contribution is 0.415. The fourth-order valence-corrected chi connectivity index (χ4v) is 4.44. The SMILES string of the molecule is COc1ccccc1N1C(C)=CC(=C(C#N)c2nc3ccccc3s2)C=C1C. The summed E-state index contributed by atoms with van der Waals surface area (Å²) >= 11 is 1.55. The topological polar surface area (TPSA) is 49.1 Å². The summed E-state index contributed by atoms with van der Waals surface area (Å²) in [7, 11) is 1.67. The number of aromatic nitrogens is 1. The first-order chi connectivity index (χ1) is 13.6. The van der Waals surface area contributed by atoms with Gasteiger partial charge in [0, 0.05) is 11.4 Å².